The fourth-order valence-corrected chi connectivity index (χ4v) is 3.11. The van der Waals surface area contributed by atoms with Crippen molar-refractivity contribution < 1.29 is 23.1 Å². The van der Waals surface area contributed by atoms with Gasteiger partial charge in [-0.3, -0.25) is 4.79 Å². The van der Waals surface area contributed by atoms with Crippen molar-refractivity contribution in [1.82, 2.24) is 14.7 Å². The standard InChI is InChI=1S/C20H17ClF3N3O2/c21-15-7-4-8-16(11-15)27-18(20(22,23)24)17(12-25-27)19(29)26(9-10-28)13-14-5-2-1-3-6-14/h1-8,11-12,28H,9-10,13H2. The van der Waals surface area contributed by atoms with Crippen LogP contribution in [0, 0.1) is 0 Å². The molecule has 0 saturated heterocycles. The molecule has 0 radical (unpaired) electrons. The van der Waals surface area contributed by atoms with E-state index in [0.717, 1.165) is 16.7 Å². The van der Waals surface area contributed by atoms with Crippen LogP contribution in [-0.2, 0) is 12.7 Å². The van der Waals surface area contributed by atoms with E-state index < -0.39 is 23.3 Å². The predicted molar refractivity (Wildman–Crippen MR) is 102 cm³/mol. The van der Waals surface area contributed by atoms with Gasteiger partial charge in [-0.25, -0.2) is 4.68 Å². The molecule has 3 rings (SSSR count). The predicted octanol–water partition coefficient (Wildman–Crippen LogP) is 4.18. The van der Waals surface area contributed by atoms with Gasteiger partial charge in [-0.1, -0.05) is 48.0 Å². The molecule has 1 N–H and O–H groups in total. The Balaban J connectivity index is 2.03. The normalized spacial score (nSPS) is 11.5. The van der Waals surface area contributed by atoms with Gasteiger partial charge in [0.25, 0.3) is 5.91 Å². The smallest absolute Gasteiger partial charge is 0.395 e. The van der Waals surface area contributed by atoms with Gasteiger partial charge in [0.05, 0.1) is 24.1 Å². The van der Waals surface area contributed by atoms with Crippen molar-refractivity contribution in [2.24, 2.45) is 0 Å². The number of aliphatic hydroxyl groups is 1. The minimum Gasteiger partial charge on any atom is -0.395 e. The Hall–Kier alpha value is -2.84. The first-order valence-electron chi connectivity index (χ1n) is 8.66. The van der Waals surface area contributed by atoms with Crippen molar-refractivity contribution in [3.05, 3.63) is 82.6 Å². The molecular formula is C20H17ClF3N3O2. The van der Waals surface area contributed by atoms with Crippen molar-refractivity contribution in [1.29, 1.82) is 0 Å². The van der Waals surface area contributed by atoms with Crippen LogP contribution in [-0.4, -0.2) is 38.8 Å². The highest BCUT2D eigenvalue weighted by atomic mass is 35.5. The van der Waals surface area contributed by atoms with E-state index in [-0.39, 0.29) is 30.4 Å². The molecular weight excluding hydrogens is 407 g/mol. The summed E-state index contributed by atoms with van der Waals surface area (Å²) < 4.78 is 42.2. The number of carbonyl (C=O) groups is 1. The van der Waals surface area contributed by atoms with Gasteiger partial charge >= 0.3 is 6.18 Å². The van der Waals surface area contributed by atoms with E-state index in [1.165, 1.54) is 24.3 Å². The number of benzene rings is 2. The Morgan fingerprint density at radius 3 is 2.48 bits per heavy atom. The summed E-state index contributed by atoms with van der Waals surface area (Å²) in [6.07, 6.45) is -3.94. The maximum Gasteiger partial charge on any atom is 0.434 e. The van der Waals surface area contributed by atoms with Crippen LogP contribution in [0.4, 0.5) is 13.2 Å². The number of nitrogens with zero attached hydrogens (tertiary/aromatic N) is 3. The summed E-state index contributed by atoms with van der Waals surface area (Å²) in [6, 6.07) is 14.6. The van der Waals surface area contributed by atoms with E-state index >= 15 is 0 Å². The number of aliphatic hydroxyl groups excluding tert-OH is 1. The Kier molecular flexibility index (Phi) is 6.24. The summed E-state index contributed by atoms with van der Waals surface area (Å²) >= 11 is 5.89. The maximum absolute atomic E-state index is 13.9. The summed E-state index contributed by atoms with van der Waals surface area (Å²) in [5.41, 5.74) is -0.978. The lowest BCUT2D eigenvalue weighted by atomic mass is 10.1. The number of alkyl halides is 3. The topological polar surface area (TPSA) is 58.4 Å². The maximum atomic E-state index is 13.9. The summed E-state index contributed by atoms with van der Waals surface area (Å²) in [4.78, 5) is 14.1. The number of hydrogen-bond donors (Lipinski definition) is 1. The first kappa shape index (κ1) is 20.9. The second-order valence-electron chi connectivity index (χ2n) is 6.23. The number of amides is 1. The number of hydrogen-bond acceptors (Lipinski definition) is 3. The van der Waals surface area contributed by atoms with Crippen molar-refractivity contribution in [3.8, 4) is 5.69 Å². The fourth-order valence-electron chi connectivity index (χ4n) is 2.93. The van der Waals surface area contributed by atoms with Crippen LogP contribution in [0.25, 0.3) is 5.69 Å². The number of halogens is 4. The third-order valence-corrected chi connectivity index (χ3v) is 4.43. The molecule has 1 amide bonds. The lowest BCUT2D eigenvalue weighted by Crippen LogP contribution is -2.34. The minimum absolute atomic E-state index is 0.0554. The first-order valence-corrected chi connectivity index (χ1v) is 9.04. The molecule has 0 atom stereocenters. The third kappa shape index (κ3) is 4.78. The molecule has 0 aliphatic carbocycles. The van der Waals surface area contributed by atoms with E-state index in [4.69, 9.17) is 11.6 Å². The SMILES string of the molecule is O=C(c1cnn(-c2cccc(Cl)c2)c1C(F)(F)F)N(CCO)Cc1ccccc1. The molecule has 9 heteroatoms. The average molecular weight is 424 g/mol. The minimum atomic E-state index is -4.83. The van der Waals surface area contributed by atoms with Gasteiger partial charge in [0.15, 0.2) is 5.69 Å². The van der Waals surface area contributed by atoms with Crippen molar-refractivity contribution >= 4 is 17.5 Å². The molecule has 152 valence electrons. The van der Waals surface area contributed by atoms with Gasteiger partial charge in [0.1, 0.15) is 0 Å². The molecule has 2 aromatic carbocycles. The molecule has 1 heterocycles. The number of aromatic nitrogens is 2. The van der Waals surface area contributed by atoms with E-state index in [9.17, 15) is 23.1 Å². The molecule has 1 aromatic heterocycles. The molecule has 29 heavy (non-hydrogen) atoms. The summed E-state index contributed by atoms with van der Waals surface area (Å²) in [7, 11) is 0. The number of rotatable bonds is 6. The molecule has 5 nitrogen and oxygen atoms in total. The van der Waals surface area contributed by atoms with Crippen LogP contribution in [0.15, 0.2) is 60.8 Å². The van der Waals surface area contributed by atoms with Crippen molar-refractivity contribution in [2.45, 2.75) is 12.7 Å². The van der Waals surface area contributed by atoms with Gasteiger partial charge in [0.2, 0.25) is 0 Å². The highest BCUT2D eigenvalue weighted by Crippen LogP contribution is 2.34. The van der Waals surface area contributed by atoms with E-state index in [2.05, 4.69) is 5.10 Å². The van der Waals surface area contributed by atoms with Crippen molar-refractivity contribution in [2.75, 3.05) is 13.2 Å². The zero-order valence-corrected chi connectivity index (χ0v) is 15.9. The fraction of sp³-hybridized carbons (Fsp3) is 0.200. The van der Waals surface area contributed by atoms with Crippen LogP contribution in [0.5, 0.6) is 0 Å². The van der Waals surface area contributed by atoms with Gasteiger partial charge in [-0.2, -0.15) is 18.3 Å². The lowest BCUT2D eigenvalue weighted by molar-refractivity contribution is -0.143. The lowest BCUT2D eigenvalue weighted by Gasteiger charge is -2.22. The van der Waals surface area contributed by atoms with E-state index in [1.54, 1.807) is 30.3 Å². The second-order valence-corrected chi connectivity index (χ2v) is 6.67. The van der Waals surface area contributed by atoms with Gasteiger partial charge < -0.3 is 10.0 Å². The van der Waals surface area contributed by atoms with Crippen LogP contribution in [0.1, 0.15) is 21.6 Å². The van der Waals surface area contributed by atoms with Gasteiger partial charge in [-0.05, 0) is 23.8 Å². The highest BCUT2D eigenvalue weighted by molar-refractivity contribution is 6.30. The molecule has 0 unspecified atom stereocenters. The van der Waals surface area contributed by atoms with Gasteiger partial charge in [0, 0.05) is 18.1 Å². The summed E-state index contributed by atoms with van der Waals surface area (Å²) in [6.45, 7) is -0.449. The van der Waals surface area contributed by atoms with Crippen LogP contribution >= 0.6 is 11.6 Å². The quantitative estimate of drug-likeness (QED) is 0.647. The first-order chi connectivity index (χ1) is 13.8. The van der Waals surface area contributed by atoms with E-state index in [0.29, 0.717) is 4.68 Å². The second kappa shape index (κ2) is 8.67. The largest absolute Gasteiger partial charge is 0.434 e. The summed E-state index contributed by atoms with van der Waals surface area (Å²) in [5.74, 6) is -0.872. The average Bonchev–Trinajstić information content (AvgIpc) is 3.14. The van der Waals surface area contributed by atoms with Crippen LogP contribution < -0.4 is 0 Å². The molecule has 0 bridgehead atoms. The molecule has 0 spiro atoms. The molecule has 3 aromatic rings. The summed E-state index contributed by atoms with van der Waals surface area (Å²) in [5, 5.41) is 13.3. The Bertz CT molecular complexity index is 990. The highest BCUT2D eigenvalue weighted by Gasteiger charge is 2.41. The zero-order valence-electron chi connectivity index (χ0n) is 15.1. The Labute approximate surface area is 169 Å². The van der Waals surface area contributed by atoms with Crippen molar-refractivity contribution in [3.63, 3.8) is 0 Å². The third-order valence-electron chi connectivity index (χ3n) is 4.19. The van der Waals surface area contributed by atoms with Gasteiger partial charge in [-0.15, -0.1) is 0 Å². The Morgan fingerprint density at radius 2 is 1.86 bits per heavy atom. The molecule has 0 fully saturated rings. The monoisotopic (exact) mass is 423 g/mol. The zero-order chi connectivity index (χ0) is 21.0. The van der Waals surface area contributed by atoms with E-state index in [1.807, 2.05) is 0 Å². The molecule has 0 aliphatic heterocycles. The van der Waals surface area contributed by atoms with Crippen LogP contribution in [0.3, 0.4) is 0 Å². The number of carbonyl (C=O) groups excluding carboxylic acids is 1. The Morgan fingerprint density at radius 1 is 1.14 bits per heavy atom. The molecule has 0 aliphatic rings. The molecule has 0 saturated carbocycles. The van der Waals surface area contributed by atoms with Crippen LogP contribution in [0.2, 0.25) is 5.02 Å².